The number of esters is 2. The number of ether oxygens (including phenoxy) is 4. The van der Waals surface area contributed by atoms with E-state index < -0.39 is 17.9 Å². The summed E-state index contributed by atoms with van der Waals surface area (Å²) in [5.41, 5.74) is 1.61. The van der Waals surface area contributed by atoms with Crippen molar-refractivity contribution < 1.29 is 42.9 Å². The maximum atomic E-state index is 13.2. The van der Waals surface area contributed by atoms with Gasteiger partial charge in [0, 0.05) is 30.4 Å². The van der Waals surface area contributed by atoms with Crippen molar-refractivity contribution in [2.45, 2.75) is 12.3 Å². The Labute approximate surface area is 224 Å². The molecule has 0 radical (unpaired) electrons. The molecule has 0 aliphatic carbocycles. The minimum atomic E-state index is -0.814. The van der Waals surface area contributed by atoms with Crippen LogP contribution in [0.15, 0.2) is 64.9 Å². The molecule has 39 heavy (non-hydrogen) atoms. The predicted molar refractivity (Wildman–Crippen MR) is 137 cm³/mol. The number of phenolic OH excluding ortho intramolecular Hbond substituents is 1. The Morgan fingerprint density at radius 2 is 1.77 bits per heavy atom. The summed E-state index contributed by atoms with van der Waals surface area (Å²) in [6, 6.07) is 13.0. The van der Waals surface area contributed by atoms with Gasteiger partial charge in [-0.2, -0.15) is 0 Å². The lowest BCUT2D eigenvalue weighted by molar-refractivity contribution is -0.140. The van der Waals surface area contributed by atoms with Crippen LogP contribution in [0.5, 0.6) is 11.5 Å². The summed E-state index contributed by atoms with van der Waals surface area (Å²) in [4.78, 5) is 39.3. The van der Waals surface area contributed by atoms with E-state index in [2.05, 4.69) is 0 Å². The standard InChI is InChI=1S/C29H27NO9/c1-35-25(32)15-20(23-10-9-22(38-23)17-3-5-18(6-4-17)29(34)36-2)26-21(31)8-7-19-27(33)24(39-28(19)26)16-30-11-13-37-14-12-30/h3-10,16,20,31H,11-15H2,1-2H3. The highest BCUT2D eigenvalue weighted by atomic mass is 16.5. The second-order valence-corrected chi connectivity index (χ2v) is 9.05. The molecule has 1 saturated heterocycles. The zero-order chi connectivity index (χ0) is 27.5. The van der Waals surface area contributed by atoms with Crippen LogP contribution in [-0.4, -0.2) is 68.3 Å². The number of fused-ring (bicyclic) bond motifs is 1. The fraction of sp³-hybridized carbons (Fsp3) is 0.276. The van der Waals surface area contributed by atoms with Crippen LogP contribution >= 0.6 is 0 Å². The van der Waals surface area contributed by atoms with Crippen LogP contribution in [0.1, 0.15) is 44.4 Å². The minimum absolute atomic E-state index is 0.126. The van der Waals surface area contributed by atoms with Crippen molar-refractivity contribution in [1.82, 2.24) is 4.90 Å². The van der Waals surface area contributed by atoms with Crippen molar-refractivity contribution in [2.75, 3.05) is 40.5 Å². The van der Waals surface area contributed by atoms with E-state index in [-0.39, 0.29) is 40.6 Å². The third kappa shape index (κ3) is 5.23. The molecule has 3 aromatic rings. The molecular weight excluding hydrogens is 506 g/mol. The Balaban J connectivity index is 1.51. The van der Waals surface area contributed by atoms with E-state index in [1.54, 1.807) is 42.6 Å². The van der Waals surface area contributed by atoms with Crippen LogP contribution in [0.25, 0.3) is 11.3 Å². The predicted octanol–water partition coefficient (Wildman–Crippen LogP) is 3.88. The number of rotatable bonds is 7. The number of benzene rings is 2. The lowest BCUT2D eigenvalue weighted by Crippen LogP contribution is -2.32. The van der Waals surface area contributed by atoms with Crippen molar-refractivity contribution >= 4 is 17.7 Å². The maximum Gasteiger partial charge on any atom is 0.337 e. The molecule has 0 bridgehead atoms. The number of morpholine rings is 1. The lowest BCUT2D eigenvalue weighted by Gasteiger charge is -2.25. The Hall–Kier alpha value is -4.57. The number of hydrogen-bond donors (Lipinski definition) is 1. The number of furan rings is 1. The first kappa shape index (κ1) is 26.1. The van der Waals surface area contributed by atoms with Gasteiger partial charge in [0.05, 0.1) is 50.9 Å². The van der Waals surface area contributed by atoms with Gasteiger partial charge in [0.2, 0.25) is 5.78 Å². The molecule has 1 aromatic heterocycles. The Morgan fingerprint density at radius 1 is 1.03 bits per heavy atom. The van der Waals surface area contributed by atoms with E-state index in [0.717, 1.165) is 0 Å². The molecule has 2 aromatic carbocycles. The van der Waals surface area contributed by atoms with Gasteiger partial charge in [-0.05, 0) is 36.4 Å². The maximum absolute atomic E-state index is 13.2. The van der Waals surface area contributed by atoms with Gasteiger partial charge in [-0.1, -0.05) is 12.1 Å². The van der Waals surface area contributed by atoms with Crippen molar-refractivity contribution in [3.8, 4) is 22.8 Å². The number of methoxy groups -OCH3 is 2. The monoisotopic (exact) mass is 533 g/mol. The van der Waals surface area contributed by atoms with Crippen molar-refractivity contribution in [2.24, 2.45) is 0 Å². The van der Waals surface area contributed by atoms with Gasteiger partial charge in [-0.25, -0.2) is 4.79 Å². The lowest BCUT2D eigenvalue weighted by atomic mass is 9.90. The number of carbonyl (C=O) groups is 3. The molecule has 0 amide bonds. The molecule has 5 rings (SSSR count). The Kier molecular flexibility index (Phi) is 7.38. The van der Waals surface area contributed by atoms with Gasteiger partial charge < -0.3 is 33.4 Å². The van der Waals surface area contributed by atoms with E-state index >= 15 is 0 Å². The van der Waals surface area contributed by atoms with Crippen LogP contribution in [0.3, 0.4) is 0 Å². The van der Waals surface area contributed by atoms with Gasteiger partial charge in [-0.15, -0.1) is 0 Å². The van der Waals surface area contributed by atoms with Crippen LogP contribution in [0.4, 0.5) is 0 Å². The molecule has 1 unspecified atom stereocenters. The molecule has 202 valence electrons. The van der Waals surface area contributed by atoms with E-state index in [1.165, 1.54) is 26.4 Å². The fourth-order valence-electron chi connectivity index (χ4n) is 4.64. The number of aromatic hydroxyl groups is 1. The highest BCUT2D eigenvalue weighted by molar-refractivity contribution is 6.12. The highest BCUT2D eigenvalue weighted by Gasteiger charge is 2.37. The van der Waals surface area contributed by atoms with Crippen molar-refractivity contribution in [3.05, 3.63) is 82.9 Å². The third-order valence-electron chi connectivity index (χ3n) is 6.71. The number of ketones is 1. The highest BCUT2D eigenvalue weighted by Crippen LogP contribution is 2.47. The van der Waals surface area contributed by atoms with Gasteiger partial charge in [-0.3, -0.25) is 9.59 Å². The largest absolute Gasteiger partial charge is 0.508 e. The number of carbonyl (C=O) groups excluding carboxylic acids is 3. The smallest absolute Gasteiger partial charge is 0.337 e. The average molecular weight is 534 g/mol. The zero-order valence-corrected chi connectivity index (χ0v) is 21.5. The Morgan fingerprint density at radius 3 is 2.46 bits per heavy atom. The number of phenols is 1. The molecule has 3 heterocycles. The number of Topliss-reactive ketones (excluding diaryl/α,β-unsaturated/α-hetero) is 1. The summed E-state index contributed by atoms with van der Waals surface area (Å²) < 4.78 is 27.2. The fourth-order valence-corrected chi connectivity index (χ4v) is 4.64. The van der Waals surface area contributed by atoms with E-state index in [0.29, 0.717) is 49.0 Å². The van der Waals surface area contributed by atoms with Crippen LogP contribution in [0, 0.1) is 0 Å². The van der Waals surface area contributed by atoms with E-state index in [9.17, 15) is 19.5 Å². The molecule has 1 atom stereocenters. The van der Waals surface area contributed by atoms with Gasteiger partial charge in [0.15, 0.2) is 5.76 Å². The molecule has 2 aliphatic heterocycles. The first-order chi connectivity index (χ1) is 18.9. The Bertz CT molecular complexity index is 1430. The first-order valence-corrected chi connectivity index (χ1v) is 12.4. The number of nitrogens with zero attached hydrogens (tertiary/aromatic N) is 1. The summed E-state index contributed by atoms with van der Waals surface area (Å²) >= 11 is 0. The summed E-state index contributed by atoms with van der Waals surface area (Å²) in [7, 11) is 2.58. The number of allylic oxidation sites excluding steroid dienone is 1. The first-order valence-electron chi connectivity index (χ1n) is 12.4. The van der Waals surface area contributed by atoms with Gasteiger partial charge in [0.1, 0.15) is 23.0 Å². The summed E-state index contributed by atoms with van der Waals surface area (Å²) in [5.74, 6) is -1.13. The molecule has 1 N–H and O–H groups in total. The average Bonchev–Trinajstić information content (AvgIpc) is 3.57. The van der Waals surface area contributed by atoms with Crippen molar-refractivity contribution in [3.63, 3.8) is 0 Å². The molecular formula is C29H27NO9. The van der Waals surface area contributed by atoms with E-state index in [4.69, 9.17) is 23.4 Å². The quantitative estimate of drug-likeness (QED) is 0.353. The molecule has 10 nitrogen and oxygen atoms in total. The third-order valence-corrected chi connectivity index (χ3v) is 6.71. The second-order valence-electron chi connectivity index (χ2n) is 9.05. The SMILES string of the molecule is COC(=O)CC(c1ccc(-c2ccc(C(=O)OC)cc2)o1)c1c(O)ccc2c1OC(=CN1CCOCC1)C2=O. The van der Waals surface area contributed by atoms with Crippen LogP contribution < -0.4 is 4.74 Å². The molecule has 1 fully saturated rings. The summed E-state index contributed by atoms with van der Waals surface area (Å²) in [6.07, 6.45) is 1.48. The molecule has 2 aliphatic rings. The van der Waals surface area contributed by atoms with Gasteiger partial charge >= 0.3 is 11.9 Å². The molecule has 0 spiro atoms. The van der Waals surface area contributed by atoms with Crippen LogP contribution in [-0.2, 0) is 19.0 Å². The minimum Gasteiger partial charge on any atom is -0.508 e. The number of hydrogen-bond acceptors (Lipinski definition) is 10. The summed E-state index contributed by atoms with van der Waals surface area (Å²) in [5, 5.41) is 10.9. The molecule has 10 heteroatoms. The van der Waals surface area contributed by atoms with Crippen molar-refractivity contribution in [1.29, 1.82) is 0 Å². The topological polar surface area (TPSA) is 125 Å². The zero-order valence-electron chi connectivity index (χ0n) is 21.5. The van der Waals surface area contributed by atoms with E-state index in [1.807, 2.05) is 4.90 Å². The van der Waals surface area contributed by atoms with Crippen LogP contribution in [0.2, 0.25) is 0 Å². The second kappa shape index (κ2) is 11.0. The summed E-state index contributed by atoms with van der Waals surface area (Å²) in [6.45, 7) is 2.33. The normalized spacial score (nSPS) is 16.5. The van der Waals surface area contributed by atoms with Gasteiger partial charge in [0.25, 0.3) is 0 Å². The molecule has 0 saturated carbocycles.